The van der Waals surface area contributed by atoms with E-state index in [9.17, 15) is 30.0 Å². The van der Waals surface area contributed by atoms with E-state index in [0.29, 0.717) is 44.1 Å². The molecule has 1 aromatic rings. The van der Waals surface area contributed by atoms with Crippen molar-refractivity contribution >= 4 is 11.9 Å². The van der Waals surface area contributed by atoms with Gasteiger partial charge in [-0.1, -0.05) is 0 Å². The van der Waals surface area contributed by atoms with Gasteiger partial charge in [-0.2, -0.15) is 0 Å². The van der Waals surface area contributed by atoms with E-state index in [2.05, 4.69) is 0 Å². The molecule has 6 heteroatoms. The molecule has 0 aliphatic rings. The van der Waals surface area contributed by atoms with E-state index in [-0.39, 0.29) is 11.5 Å². The quantitative estimate of drug-likeness (QED) is 0.498. The van der Waals surface area contributed by atoms with Crippen LogP contribution in [0.2, 0.25) is 0 Å². The zero-order chi connectivity index (χ0) is 20.1. The highest BCUT2D eigenvalue weighted by atomic mass is 16.4. The first kappa shape index (κ1) is 21.8. The molecule has 4 N–H and O–H groups in total. The minimum absolute atomic E-state index is 0.00868. The minimum atomic E-state index is -0.858. The fraction of sp³-hybridized carbons (Fsp3) is 0.600. The highest BCUT2D eigenvalue weighted by Gasteiger charge is 2.27. The minimum Gasteiger partial charge on any atom is -0.508 e. The van der Waals surface area contributed by atoms with Crippen LogP contribution in [0, 0.1) is 10.8 Å². The van der Waals surface area contributed by atoms with Crippen molar-refractivity contribution in [1.29, 1.82) is 0 Å². The van der Waals surface area contributed by atoms with Crippen LogP contribution < -0.4 is 0 Å². The highest BCUT2D eigenvalue weighted by Crippen LogP contribution is 2.32. The van der Waals surface area contributed by atoms with Crippen LogP contribution in [0.3, 0.4) is 0 Å². The van der Waals surface area contributed by atoms with Gasteiger partial charge in [-0.25, -0.2) is 0 Å². The molecule has 146 valence electrons. The van der Waals surface area contributed by atoms with Gasteiger partial charge in [-0.05, 0) is 83.4 Å². The normalized spacial score (nSPS) is 12.2. The van der Waals surface area contributed by atoms with E-state index >= 15 is 0 Å². The summed E-state index contributed by atoms with van der Waals surface area (Å²) in [5, 5.41) is 38.3. The maximum absolute atomic E-state index is 11.2. The molecule has 0 fully saturated rings. The van der Waals surface area contributed by atoms with Crippen molar-refractivity contribution in [3.05, 3.63) is 23.3 Å². The van der Waals surface area contributed by atoms with Crippen molar-refractivity contribution in [2.75, 3.05) is 0 Å². The summed E-state index contributed by atoms with van der Waals surface area (Å²) in [6.45, 7) is 6.68. The van der Waals surface area contributed by atoms with Crippen LogP contribution in [0.5, 0.6) is 11.5 Å². The second kappa shape index (κ2) is 8.43. The number of carboxylic acids is 2. The van der Waals surface area contributed by atoms with Crippen LogP contribution in [0.1, 0.15) is 64.5 Å². The monoisotopic (exact) mass is 366 g/mol. The average Bonchev–Trinajstić information content (AvgIpc) is 2.49. The largest absolute Gasteiger partial charge is 0.508 e. The summed E-state index contributed by atoms with van der Waals surface area (Å²) in [5.74, 6) is -1.76. The first-order valence-electron chi connectivity index (χ1n) is 8.87. The van der Waals surface area contributed by atoms with E-state index in [1.165, 1.54) is 6.07 Å². The van der Waals surface area contributed by atoms with Gasteiger partial charge in [0.1, 0.15) is 11.5 Å². The molecule has 0 atom stereocenters. The van der Waals surface area contributed by atoms with Gasteiger partial charge in [-0.15, -0.1) is 0 Å². The Balaban J connectivity index is 2.83. The van der Waals surface area contributed by atoms with Gasteiger partial charge in [0.25, 0.3) is 0 Å². The maximum Gasteiger partial charge on any atom is 0.309 e. The highest BCUT2D eigenvalue weighted by molar-refractivity contribution is 5.73. The molecule has 26 heavy (non-hydrogen) atoms. The van der Waals surface area contributed by atoms with E-state index < -0.39 is 22.8 Å². The molecular weight excluding hydrogens is 336 g/mol. The molecule has 0 aromatic heterocycles. The molecule has 0 spiro atoms. The second-order valence-electron chi connectivity index (χ2n) is 8.19. The third-order valence-corrected chi connectivity index (χ3v) is 4.94. The molecule has 0 aliphatic heterocycles. The molecule has 0 unspecified atom stereocenters. The first-order valence-corrected chi connectivity index (χ1v) is 8.87. The van der Waals surface area contributed by atoms with Crippen molar-refractivity contribution < 1.29 is 30.0 Å². The third kappa shape index (κ3) is 5.93. The molecule has 0 saturated carbocycles. The fourth-order valence-corrected chi connectivity index (χ4v) is 2.85. The lowest BCUT2D eigenvalue weighted by Crippen LogP contribution is -2.23. The van der Waals surface area contributed by atoms with Crippen molar-refractivity contribution in [1.82, 2.24) is 0 Å². The molecule has 0 saturated heterocycles. The van der Waals surface area contributed by atoms with Gasteiger partial charge in [0.15, 0.2) is 0 Å². The van der Waals surface area contributed by atoms with Crippen LogP contribution in [-0.4, -0.2) is 32.4 Å². The molecule has 0 aliphatic carbocycles. The molecule has 0 bridgehead atoms. The fourth-order valence-electron chi connectivity index (χ4n) is 2.85. The number of phenols is 2. The zero-order valence-corrected chi connectivity index (χ0v) is 16.0. The predicted molar refractivity (Wildman–Crippen MR) is 98.5 cm³/mol. The van der Waals surface area contributed by atoms with Crippen LogP contribution in [-0.2, 0) is 22.4 Å². The molecule has 6 nitrogen and oxygen atoms in total. The van der Waals surface area contributed by atoms with Crippen LogP contribution in [0.4, 0.5) is 0 Å². The van der Waals surface area contributed by atoms with Gasteiger partial charge in [0, 0.05) is 6.07 Å². The summed E-state index contributed by atoms with van der Waals surface area (Å²) in [6.07, 6.45) is 3.18. The van der Waals surface area contributed by atoms with E-state index in [0.717, 1.165) is 5.56 Å². The number of hydrogen-bond donors (Lipinski definition) is 4. The Morgan fingerprint density at radius 2 is 1.31 bits per heavy atom. The SMILES string of the molecule is CC(C)(CCCc1cc(O)cc(O)c1CCCC(C)(C)C(=O)O)C(=O)O. The van der Waals surface area contributed by atoms with E-state index in [4.69, 9.17) is 0 Å². The number of carbonyl (C=O) groups is 2. The van der Waals surface area contributed by atoms with E-state index in [1.54, 1.807) is 33.8 Å². The number of carboxylic acid groups (broad SMARTS) is 2. The van der Waals surface area contributed by atoms with Gasteiger partial charge in [-0.3, -0.25) is 9.59 Å². The Labute approximate surface area is 154 Å². The van der Waals surface area contributed by atoms with Crippen LogP contribution >= 0.6 is 0 Å². The van der Waals surface area contributed by atoms with Gasteiger partial charge >= 0.3 is 11.9 Å². The Morgan fingerprint density at radius 1 is 0.846 bits per heavy atom. The van der Waals surface area contributed by atoms with Crippen molar-refractivity contribution in [2.24, 2.45) is 10.8 Å². The summed E-state index contributed by atoms with van der Waals surface area (Å²) >= 11 is 0. The lowest BCUT2D eigenvalue weighted by atomic mass is 9.84. The summed E-state index contributed by atoms with van der Waals surface area (Å²) < 4.78 is 0. The number of phenolic OH excluding ortho intramolecular Hbond substituents is 2. The standard InChI is InChI=1S/C20H30O6/c1-19(2,17(23)24)9-5-7-13-11-14(21)12-16(22)15(13)8-6-10-20(3,4)18(25)26/h11-12,21-22H,5-10H2,1-4H3,(H,23,24)(H,25,26). The lowest BCUT2D eigenvalue weighted by Gasteiger charge is -2.21. The summed E-state index contributed by atoms with van der Waals surface area (Å²) in [5.41, 5.74) is -0.197. The van der Waals surface area contributed by atoms with Crippen LogP contribution in [0.15, 0.2) is 12.1 Å². The number of aryl methyl sites for hydroxylation is 1. The maximum atomic E-state index is 11.2. The number of hydrogen-bond acceptors (Lipinski definition) is 4. The zero-order valence-electron chi connectivity index (χ0n) is 16.0. The molecule has 1 rings (SSSR count). The molecular formula is C20H30O6. The van der Waals surface area contributed by atoms with Crippen molar-refractivity contribution in [3.8, 4) is 11.5 Å². The third-order valence-electron chi connectivity index (χ3n) is 4.94. The summed E-state index contributed by atoms with van der Waals surface area (Å²) in [7, 11) is 0. The molecule has 0 radical (unpaired) electrons. The number of benzene rings is 1. The predicted octanol–water partition coefficient (Wildman–Crippen LogP) is 3.96. The smallest absolute Gasteiger partial charge is 0.309 e. The van der Waals surface area contributed by atoms with Gasteiger partial charge < -0.3 is 20.4 Å². The van der Waals surface area contributed by atoms with Crippen molar-refractivity contribution in [3.63, 3.8) is 0 Å². The number of rotatable bonds is 10. The first-order chi connectivity index (χ1) is 11.9. The molecule has 0 amide bonds. The molecule has 0 heterocycles. The van der Waals surface area contributed by atoms with Crippen LogP contribution in [0.25, 0.3) is 0 Å². The van der Waals surface area contributed by atoms with Crippen molar-refractivity contribution in [2.45, 2.75) is 66.2 Å². The van der Waals surface area contributed by atoms with E-state index in [1.807, 2.05) is 0 Å². The Hall–Kier alpha value is -2.24. The van der Waals surface area contributed by atoms with Gasteiger partial charge in [0.05, 0.1) is 10.8 Å². The molecule has 1 aromatic carbocycles. The lowest BCUT2D eigenvalue weighted by molar-refractivity contribution is -0.148. The Bertz CT molecular complexity index is 661. The Morgan fingerprint density at radius 3 is 1.77 bits per heavy atom. The van der Waals surface area contributed by atoms with Gasteiger partial charge in [0.2, 0.25) is 0 Å². The number of aliphatic carboxylic acids is 2. The summed E-state index contributed by atoms with van der Waals surface area (Å²) in [4.78, 5) is 22.4. The average molecular weight is 366 g/mol. The Kier molecular flexibility index (Phi) is 7.07. The summed E-state index contributed by atoms with van der Waals surface area (Å²) in [6, 6.07) is 2.87. The topological polar surface area (TPSA) is 115 Å². The number of aromatic hydroxyl groups is 2. The second-order valence-corrected chi connectivity index (χ2v) is 8.19.